The maximum absolute atomic E-state index is 11.5. The molecular formula is C11H16O. The number of carbonyl (C=O) groups is 1. The van der Waals surface area contributed by atoms with Crippen LogP contribution in [0.25, 0.3) is 0 Å². The van der Waals surface area contributed by atoms with Gasteiger partial charge in [-0.05, 0) is 18.8 Å². The van der Waals surface area contributed by atoms with Crippen LogP contribution in [0.3, 0.4) is 0 Å². The van der Waals surface area contributed by atoms with Crippen molar-refractivity contribution in [1.82, 2.24) is 0 Å². The van der Waals surface area contributed by atoms with Crippen molar-refractivity contribution in [2.45, 2.75) is 33.1 Å². The van der Waals surface area contributed by atoms with Crippen LogP contribution in [0.5, 0.6) is 0 Å². The summed E-state index contributed by atoms with van der Waals surface area (Å²) in [4.78, 5) is 11.5. The van der Waals surface area contributed by atoms with Gasteiger partial charge in [0.05, 0.1) is 0 Å². The summed E-state index contributed by atoms with van der Waals surface area (Å²) < 4.78 is 0. The molecule has 1 saturated carbocycles. The number of hydrogen-bond acceptors (Lipinski definition) is 1. The third-order valence-electron chi connectivity index (χ3n) is 2.91. The lowest BCUT2D eigenvalue weighted by atomic mass is 9.86. The Morgan fingerprint density at radius 2 is 2.25 bits per heavy atom. The second kappa shape index (κ2) is 3.76. The number of ketones is 1. The average molecular weight is 164 g/mol. The van der Waals surface area contributed by atoms with Gasteiger partial charge in [-0.3, -0.25) is 4.79 Å². The molecule has 0 heterocycles. The molecule has 3 atom stereocenters. The highest BCUT2D eigenvalue weighted by Gasteiger charge is 2.36. The molecule has 1 rings (SSSR count). The van der Waals surface area contributed by atoms with E-state index in [0.717, 1.165) is 12.8 Å². The minimum absolute atomic E-state index is 0.153. The molecule has 1 nitrogen and oxygen atoms in total. The number of Topliss-reactive ketones (excluding diaryl/α,β-unsaturated/α-hetero) is 1. The van der Waals surface area contributed by atoms with Crippen LogP contribution in [0.2, 0.25) is 0 Å². The van der Waals surface area contributed by atoms with Gasteiger partial charge in [0.2, 0.25) is 0 Å². The Bertz CT molecular complexity index is 212. The molecule has 0 amide bonds. The van der Waals surface area contributed by atoms with Crippen LogP contribution >= 0.6 is 0 Å². The van der Waals surface area contributed by atoms with E-state index in [2.05, 4.69) is 12.8 Å². The van der Waals surface area contributed by atoms with E-state index in [4.69, 9.17) is 6.42 Å². The fourth-order valence-corrected chi connectivity index (χ4v) is 2.16. The van der Waals surface area contributed by atoms with Gasteiger partial charge in [-0.25, -0.2) is 0 Å². The predicted molar refractivity (Wildman–Crippen MR) is 49.5 cm³/mol. The van der Waals surface area contributed by atoms with Gasteiger partial charge in [0, 0.05) is 18.3 Å². The highest BCUT2D eigenvalue weighted by atomic mass is 16.1. The van der Waals surface area contributed by atoms with Crippen LogP contribution in [0.4, 0.5) is 0 Å². The van der Waals surface area contributed by atoms with E-state index in [-0.39, 0.29) is 11.8 Å². The zero-order valence-electron chi connectivity index (χ0n) is 7.84. The largest absolute Gasteiger partial charge is 0.299 e. The summed E-state index contributed by atoms with van der Waals surface area (Å²) in [5.74, 6) is 3.96. The Morgan fingerprint density at radius 1 is 1.58 bits per heavy atom. The summed E-state index contributed by atoms with van der Waals surface area (Å²) in [5, 5.41) is 0. The molecule has 1 fully saturated rings. The van der Waals surface area contributed by atoms with Crippen LogP contribution in [-0.4, -0.2) is 5.78 Å². The molecule has 1 unspecified atom stereocenters. The summed E-state index contributed by atoms with van der Waals surface area (Å²) >= 11 is 0. The first kappa shape index (κ1) is 9.32. The van der Waals surface area contributed by atoms with Gasteiger partial charge >= 0.3 is 0 Å². The van der Waals surface area contributed by atoms with E-state index in [1.54, 1.807) is 0 Å². The predicted octanol–water partition coefficient (Wildman–Crippen LogP) is 2.26. The maximum Gasteiger partial charge on any atom is 0.137 e. The number of rotatable bonds is 2. The molecule has 0 bridgehead atoms. The van der Waals surface area contributed by atoms with E-state index in [1.165, 1.54) is 0 Å². The molecule has 0 N–H and O–H groups in total. The third kappa shape index (κ3) is 1.53. The molecule has 0 saturated heterocycles. The zero-order valence-corrected chi connectivity index (χ0v) is 7.84. The molecule has 0 aliphatic heterocycles. The van der Waals surface area contributed by atoms with Gasteiger partial charge in [-0.1, -0.05) is 13.8 Å². The first-order valence-corrected chi connectivity index (χ1v) is 4.69. The van der Waals surface area contributed by atoms with Crippen molar-refractivity contribution in [3.63, 3.8) is 0 Å². The number of hydrogen-bond donors (Lipinski definition) is 0. The summed E-state index contributed by atoms with van der Waals surface area (Å²) in [7, 11) is 0. The SMILES string of the molecule is C#C[C@H]1CC[C@@H](C)C1C(=O)CC. The van der Waals surface area contributed by atoms with E-state index in [9.17, 15) is 4.79 Å². The van der Waals surface area contributed by atoms with Crippen molar-refractivity contribution in [2.24, 2.45) is 17.8 Å². The zero-order chi connectivity index (χ0) is 9.14. The Hall–Kier alpha value is -0.770. The van der Waals surface area contributed by atoms with Crippen LogP contribution in [0, 0.1) is 30.1 Å². The third-order valence-corrected chi connectivity index (χ3v) is 2.91. The Morgan fingerprint density at radius 3 is 2.75 bits per heavy atom. The lowest BCUT2D eigenvalue weighted by molar-refractivity contribution is -0.124. The van der Waals surface area contributed by atoms with Gasteiger partial charge in [-0.2, -0.15) is 0 Å². The fourth-order valence-electron chi connectivity index (χ4n) is 2.16. The molecular weight excluding hydrogens is 148 g/mol. The van der Waals surface area contributed by atoms with Gasteiger partial charge < -0.3 is 0 Å². The van der Waals surface area contributed by atoms with Crippen LogP contribution in [0.1, 0.15) is 33.1 Å². The molecule has 0 aromatic rings. The molecule has 1 aliphatic carbocycles. The first-order chi connectivity index (χ1) is 5.70. The van der Waals surface area contributed by atoms with Gasteiger partial charge in [0.15, 0.2) is 0 Å². The van der Waals surface area contributed by atoms with E-state index in [1.807, 2.05) is 6.92 Å². The van der Waals surface area contributed by atoms with Crippen molar-refractivity contribution in [3.05, 3.63) is 0 Å². The minimum atomic E-state index is 0.153. The topological polar surface area (TPSA) is 17.1 Å². The molecule has 0 aromatic heterocycles. The van der Waals surface area contributed by atoms with Gasteiger partial charge in [-0.15, -0.1) is 12.3 Å². The molecule has 66 valence electrons. The van der Waals surface area contributed by atoms with E-state index >= 15 is 0 Å². The van der Waals surface area contributed by atoms with Gasteiger partial charge in [0.25, 0.3) is 0 Å². The Labute approximate surface area is 74.5 Å². The second-order valence-electron chi connectivity index (χ2n) is 3.67. The van der Waals surface area contributed by atoms with Crippen molar-refractivity contribution in [1.29, 1.82) is 0 Å². The van der Waals surface area contributed by atoms with Crippen LogP contribution < -0.4 is 0 Å². The number of terminal acetylenes is 1. The van der Waals surface area contributed by atoms with Crippen molar-refractivity contribution in [2.75, 3.05) is 0 Å². The highest BCUT2D eigenvalue weighted by molar-refractivity contribution is 5.82. The maximum atomic E-state index is 11.5. The van der Waals surface area contributed by atoms with E-state index in [0.29, 0.717) is 18.1 Å². The molecule has 0 spiro atoms. The van der Waals surface area contributed by atoms with Crippen LogP contribution in [-0.2, 0) is 4.79 Å². The number of carbonyl (C=O) groups excluding carboxylic acids is 1. The average Bonchev–Trinajstić information content (AvgIpc) is 2.45. The van der Waals surface area contributed by atoms with E-state index < -0.39 is 0 Å². The minimum Gasteiger partial charge on any atom is -0.299 e. The second-order valence-corrected chi connectivity index (χ2v) is 3.67. The fraction of sp³-hybridized carbons (Fsp3) is 0.727. The normalized spacial score (nSPS) is 34.6. The van der Waals surface area contributed by atoms with Crippen LogP contribution in [0.15, 0.2) is 0 Å². The summed E-state index contributed by atoms with van der Waals surface area (Å²) in [5.41, 5.74) is 0. The summed E-state index contributed by atoms with van der Waals surface area (Å²) in [6.07, 6.45) is 8.16. The van der Waals surface area contributed by atoms with Crippen molar-refractivity contribution in [3.8, 4) is 12.3 Å². The molecule has 1 heteroatoms. The summed E-state index contributed by atoms with van der Waals surface area (Å²) in [6, 6.07) is 0. The smallest absolute Gasteiger partial charge is 0.137 e. The van der Waals surface area contributed by atoms with Crippen molar-refractivity contribution < 1.29 is 4.79 Å². The Balaban J connectivity index is 2.71. The van der Waals surface area contributed by atoms with Gasteiger partial charge in [0.1, 0.15) is 5.78 Å². The standard InChI is InChI=1S/C11H16O/c1-4-9-7-6-8(3)11(9)10(12)5-2/h1,8-9,11H,5-7H2,2-3H3/t8-,9+,11?/m1/s1. The lowest BCUT2D eigenvalue weighted by Gasteiger charge is -2.16. The molecule has 0 aromatic carbocycles. The lowest BCUT2D eigenvalue weighted by Crippen LogP contribution is -2.21. The first-order valence-electron chi connectivity index (χ1n) is 4.69. The summed E-state index contributed by atoms with van der Waals surface area (Å²) in [6.45, 7) is 4.05. The highest BCUT2D eigenvalue weighted by Crippen LogP contribution is 2.37. The molecule has 0 radical (unpaired) electrons. The Kier molecular flexibility index (Phi) is 2.92. The molecule has 12 heavy (non-hydrogen) atoms. The van der Waals surface area contributed by atoms with Crippen molar-refractivity contribution >= 4 is 5.78 Å². The molecule has 1 aliphatic rings. The monoisotopic (exact) mass is 164 g/mol. The quantitative estimate of drug-likeness (QED) is 0.572.